The van der Waals surface area contributed by atoms with Gasteiger partial charge in [0.2, 0.25) is 5.91 Å². The van der Waals surface area contributed by atoms with E-state index in [9.17, 15) is 14.4 Å². The molecule has 4 aromatic rings. The molecule has 1 fully saturated rings. The topological polar surface area (TPSA) is 125 Å². The van der Waals surface area contributed by atoms with Crippen LogP contribution < -0.4 is 30.9 Å². The van der Waals surface area contributed by atoms with E-state index < -0.39 is 0 Å². The minimum Gasteiger partial charge on any atom is -0.457 e. The number of urea groups is 1. The van der Waals surface area contributed by atoms with Crippen LogP contribution >= 0.6 is 11.3 Å². The van der Waals surface area contributed by atoms with E-state index in [0.717, 1.165) is 29.5 Å². The molecule has 6 rings (SSSR count). The first kappa shape index (κ1) is 26.7. The summed E-state index contributed by atoms with van der Waals surface area (Å²) in [6.45, 7) is 2.19. The Kier molecular flexibility index (Phi) is 7.29. The first-order valence-electron chi connectivity index (χ1n) is 13.5. The lowest BCUT2D eigenvalue weighted by atomic mass is 10.1. The number of nitrogens with one attached hydrogen (secondary N) is 4. The molecular weight excluding hydrogens is 540 g/mol. The molecule has 1 saturated carbocycles. The number of pyridine rings is 1. The van der Waals surface area contributed by atoms with Gasteiger partial charge >= 0.3 is 6.03 Å². The summed E-state index contributed by atoms with van der Waals surface area (Å²) in [5.74, 6) is 1.08. The van der Waals surface area contributed by atoms with Crippen LogP contribution in [0.3, 0.4) is 0 Å². The first-order chi connectivity index (χ1) is 19.9. The Morgan fingerprint density at radius 1 is 1.05 bits per heavy atom. The van der Waals surface area contributed by atoms with Gasteiger partial charge in [-0.15, -0.1) is 11.3 Å². The number of nitrogens with zero attached hydrogens (tertiary/aromatic N) is 2. The third-order valence-corrected chi connectivity index (χ3v) is 8.41. The van der Waals surface area contributed by atoms with Crippen molar-refractivity contribution in [1.82, 2.24) is 20.9 Å². The Bertz CT molecular complexity index is 1640. The Labute approximate surface area is 241 Å². The fourth-order valence-electron chi connectivity index (χ4n) is 5.48. The van der Waals surface area contributed by atoms with Gasteiger partial charge in [0.05, 0.1) is 29.0 Å². The molecule has 1 aliphatic carbocycles. The number of aromatic nitrogens is 1. The Morgan fingerprint density at radius 3 is 2.59 bits per heavy atom. The quantitative estimate of drug-likeness (QED) is 0.235. The summed E-state index contributed by atoms with van der Waals surface area (Å²) in [4.78, 5) is 46.1. The van der Waals surface area contributed by atoms with E-state index in [4.69, 9.17) is 4.74 Å². The van der Waals surface area contributed by atoms with Gasteiger partial charge in [-0.25, -0.2) is 9.78 Å². The van der Waals surface area contributed by atoms with Crippen LogP contribution in [-0.2, 0) is 4.79 Å². The molecule has 10 nitrogen and oxygen atoms in total. The minimum absolute atomic E-state index is 0.0242. The van der Waals surface area contributed by atoms with Crippen LogP contribution in [-0.4, -0.2) is 48.5 Å². The number of thiophene rings is 1. The van der Waals surface area contributed by atoms with Gasteiger partial charge in [-0.3, -0.25) is 14.5 Å². The van der Waals surface area contributed by atoms with Crippen molar-refractivity contribution in [2.75, 3.05) is 23.8 Å². The standard InChI is InChI=1S/C30H30N6O4S/c1-17-14-21(40-20-6-4-3-5-7-20)10-11-22(17)36-23-12-13-32-29-25(23)26(35-30(36)39)27(41-29)28(38)34-19-9-8-18(15-19)33-24(37)16-31-2/h3-7,10-14,18-19,31H,8-9,15-16H2,1-2H3,(H,33,37)(H,34,38)(H,35,39)/t18-,19-/m1/s1. The van der Waals surface area contributed by atoms with Crippen molar-refractivity contribution in [3.63, 3.8) is 0 Å². The van der Waals surface area contributed by atoms with Crippen LogP contribution in [0.4, 0.5) is 21.9 Å². The molecule has 0 radical (unpaired) electrons. The monoisotopic (exact) mass is 570 g/mol. The molecule has 0 unspecified atom stereocenters. The highest BCUT2D eigenvalue weighted by atomic mass is 32.1. The molecule has 41 heavy (non-hydrogen) atoms. The van der Waals surface area contributed by atoms with E-state index in [1.807, 2.05) is 55.5 Å². The zero-order chi connectivity index (χ0) is 28.5. The average molecular weight is 571 g/mol. The van der Waals surface area contributed by atoms with Gasteiger partial charge in [0.25, 0.3) is 5.91 Å². The van der Waals surface area contributed by atoms with E-state index in [-0.39, 0.29) is 36.5 Å². The van der Waals surface area contributed by atoms with Crippen molar-refractivity contribution >= 4 is 56.5 Å². The molecule has 2 aliphatic rings. The van der Waals surface area contributed by atoms with Crippen LogP contribution in [0, 0.1) is 6.92 Å². The molecule has 2 atom stereocenters. The van der Waals surface area contributed by atoms with E-state index in [2.05, 4.69) is 26.3 Å². The second-order valence-electron chi connectivity index (χ2n) is 10.2. The molecule has 4 amide bonds. The maximum absolute atomic E-state index is 13.5. The number of hydrogen-bond donors (Lipinski definition) is 4. The van der Waals surface area contributed by atoms with Crippen LogP contribution in [0.15, 0.2) is 60.8 Å². The Morgan fingerprint density at radius 2 is 1.83 bits per heavy atom. The summed E-state index contributed by atoms with van der Waals surface area (Å²) in [6, 6.07) is 16.5. The van der Waals surface area contributed by atoms with E-state index in [1.54, 1.807) is 24.2 Å². The number of aryl methyl sites for hydroxylation is 1. The molecule has 0 saturated heterocycles. The van der Waals surface area contributed by atoms with E-state index in [0.29, 0.717) is 38.9 Å². The van der Waals surface area contributed by atoms with Crippen molar-refractivity contribution in [2.24, 2.45) is 0 Å². The van der Waals surface area contributed by atoms with E-state index in [1.165, 1.54) is 11.3 Å². The maximum atomic E-state index is 13.5. The number of ether oxygens (including phenoxy) is 1. The van der Waals surface area contributed by atoms with Crippen molar-refractivity contribution in [3.8, 4) is 11.5 Å². The second kappa shape index (κ2) is 11.2. The highest BCUT2D eigenvalue weighted by Crippen LogP contribution is 2.46. The molecule has 4 N–H and O–H groups in total. The number of rotatable bonds is 8. The number of benzene rings is 2. The smallest absolute Gasteiger partial charge is 0.331 e. The second-order valence-corrected chi connectivity index (χ2v) is 11.2. The number of likely N-dealkylation sites (N-methyl/N-ethyl adjacent to an activating group) is 1. The summed E-state index contributed by atoms with van der Waals surface area (Å²) >= 11 is 1.26. The lowest BCUT2D eigenvalue weighted by Gasteiger charge is -2.29. The zero-order valence-electron chi connectivity index (χ0n) is 22.7. The predicted molar refractivity (Wildman–Crippen MR) is 159 cm³/mol. The fraction of sp³-hybridized carbons (Fsp3) is 0.267. The summed E-state index contributed by atoms with van der Waals surface area (Å²) in [5, 5.41) is 12.6. The minimum atomic E-state index is -0.356. The Balaban J connectivity index is 1.24. The summed E-state index contributed by atoms with van der Waals surface area (Å²) in [5.41, 5.74) is 2.70. The molecule has 2 aromatic heterocycles. The number of amides is 4. The first-order valence-corrected chi connectivity index (χ1v) is 14.3. The zero-order valence-corrected chi connectivity index (χ0v) is 23.5. The lowest BCUT2D eigenvalue weighted by Crippen LogP contribution is -2.40. The molecule has 210 valence electrons. The van der Waals surface area contributed by atoms with Gasteiger partial charge in [0.15, 0.2) is 0 Å². The number of carbonyl (C=O) groups excluding carboxylic acids is 3. The van der Waals surface area contributed by atoms with Crippen LogP contribution in [0.25, 0.3) is 10.2 Å². The molecular formula is C30H30N6O4S. The molecule has 1 aliphatic heterocycles. The van der Waals surface area contributed by atoms with Crippen LogP contribution in [0.1, 0.15) is 34.5 Å². The highest BCUT2D eigenvalue weighted by molar-refractivity contribution is 7.21. The molecule has 11 heteroatoms. The average Bonchev–Trinajstić information content (AvgIpc) is 3.55. The van der Waals surface area contributed by atoms with Crippen LogP contribution in [0.2, 0.25) is 0 Å². The van der Waals surface area contributed by atoms with E-state index >= 15 is 0 Å². The lowest BCUT2D eigenvalue weighted by molar-refractivity contribution is -0.120. The van der Waals surface area contributed by atoms with Gasteiger partial charge in [0, 0.05) is 18.3 Å². The van der Waals surface area contributed by atoms with Gasteiger partial charge in [-0.05, 0) is 75.2 Å². The van der Waals surface area contributed by atoms with Crippen molar-refractivity contribution < 1.29 is 19.1 Å². The largest absolute Gasteiger partial charge is 0.457 e. The molecule has 2 aromatic carbocycles. The third-order valence-electron chi connectivity index (χ3n) is 7.31. The van der Waals surface area contributed by atoms with Gasteiger partial charge in [-0.2, -0.15) is 0 Å². The molecule has 0 spiro atoms. The number of para-hydroxylation sites is 1. The summed E-state index contributed by atoms with van der Waals surface area (Å²) < 4.78 is 5.97. The van der Waals surface area contributed by atoms with Crippen molar-refractivity contribution in [3.05, 3.63) is 71.2 Å². The van der Waals surface area contributed by atoms with Gasteiger partial charge < -0.3 is 26.0 Å². The predicted octanol–water partition coefficient (Wildman–Crippen LogP) is 5.07. The van der Waals surface area contributed by atoms with Gasteiger partial charge in [-0.1, -0.05) is 18.2 Å². The number of hydrogen-bond acceptors (Lipinski definition) is 7. The maximum Gasteiger partial charge on any atom is 0.331 e. The van der Waals surface area contributed by atoms with Crippen molar-refractivity contribution in [1.29, 1.82) is 0 Å². The number of anilines is 3. The SMILES string of the molecule is CNCC(=O)N[C@@H]1CC[C@@H](NC(=O)c2sc3nccc4c3c2NC(=O)N4c2ccc(Oc3ccccc3)cc2C)C1. The molecule has 3 heterocycles. The number of carbonyl (C=O) groups is 3. The third kappa shape index (κ3) is 5.33. The summed E-state index contributed by atoms with van der Waals surface area (Å²) in [7, 11) is 1.73. The normalized spacial score (nSPS) is 17.8. The van der Waals surface area contributed by atoms with Gasteiger partial charge in [0.1, 0.15) is 21.2 Å². The Hall–Kier alpha value is -4.48. The van der Waals surface area contributed by atoms with Crippen molar-refractivity contribution in [2.45, 2.75) is 38.3 Å². The fourth-order valence-corrected chi connectivity index (χ4v) is 6.51. The highest BCUT2D eigenvalue weighted by Gasteiger charge is 2.34. The molecule has 0 bridgehead atoms. The van der Waals surface area contributed by atoms with Crippen LogP contribution in [0.5, 0.6) is 11.5 Å². The summed E-state index contributed by atoms with van der Waals surface area (Å²) in [6.07, 6.45) is 3.88.